The van der Waals surface area contributed by atoms with Gasteiger partial charge in [-0.15, -0.1) is 0 Å². The summed E-state index contributed by atoms with van der Waals surface area (Å²) in [6, 6.07) is 6.10. The molecule has 0 bridgehead atoms. The maximum Gasteiger partial charge on any atom is 0.437 e. The Hall–Kier alpha value is -4.01. The lowest BCUT2D eigenvalue weighted by Gasteiger charge is -2.16. The second kappa shape index (κ2) is 8.62. The number of benzene rings is 1. The van der Waals surface area contributed by atoms with Crippen LogP contribution in [0.1, 0.15) is 34.4 Å². The molecule has 0 radical (unpaired) electrons. The topological polar surface area (TPSA) is 101 Å². The maximum absolute atomic E-state index is 13.5. The van der Waals surface area contributed by atoms with Crippen molar-refractivity contribution in [2.45, 2.75) is 26.1 Å². The van der Waals surface area contributed by atoms with E-state index in [1.807, 2.05) is 0 Å². The van der Waals surface area contributed by atoms with Gasteiger partial charge in [-0.25, -0.2) is 13.8 Å². The molecule has 0 unspecified atom stereocenters. The molecule has 1 aromatic carbocycles. The van der Waals surface area contributed by atoms with Gasteiger partial charge in [-0.1, -0.05) is 6.07 Å². The van der Waals surface area contributed by atoms with Gasteiger partial charge >= 0.3 is 6.18 Å². The maximum atomic E-state index is 13.5. The molecule has 3 rings (SSSR count). The summed E-state index contributed by atoms with van der Waals surface area (Å²) in [5, 5.41) is 9.15. The third-order valence-corrected chi connectivity index (χ3v) is 4.47. The molecule has 0 saturated carbocycles. The number of pyridine rings is 1. The van der Waals surface area contributed by atoms with E-state index in [2.05, 4.69) is 9.97 Å². The molecular formula is C20H13F5N4O3. The van der Waals surface area contributed by atoms with E-state index < -0.39 is 53.0 Å². The highest BCUT2D eigenvalue weighted by Crippen LogP contribution is 2.37. The van der Waals surface area contributed by atoms with E-state index in [0.717, 1.165) is 12.1 Å². The van der Waals surface area contributed by atoms with E-state index in [1.165, 1.54) is 25.3 Å². The number of nitriles is 1. The number of rotatable bonds is 5. The molecule has 2 aromatic heterocycles. The van der Waals surface area contributed by atoms with E-state index in [0.29, 0.717) is 10.9 Å². The fraction of sp³-hybridized carbons (Fsp3) is 0.200. The molecule has 0 aliphatic rings. The molecule has 0 aliphatic carbocycles. The molecular weight excluding hydrogens is 439 g/mol. The number of ether oxygens (including phenoxy) is 1. The molecule has 0 fully saturated rings. The Morgan fingerprint density at radius 1 is 1.28 bits per heavy atom. The molecule has 12 heteroatoms. The normalized spacial score (nSPS) is 11.4. The molecule has 0 saturated heterocycles. The fourth-order valence-electron chi connectivity index (χ4n) is 2.81. The number of nitrogens with one attached hydrogen (secondary N) is 1. The molecule has 166 valence electrons. The average molecular weight is 452 g/mol. The van der Waals surface area contributed by atoms with Crippen molar-refractivity contribution in [1.29, 1.82) is 5.26 Å². The molecule has 3 aromatic rings. The van der Waals surface area contributed by atoms with Crippen molar-refractivity contribution in [1.82, 2.24) is 14.5 Å². The number of hydrogen-bond donors (Lipinski definition) is 1. The van der Waals surface area contributed by atoms with Gasteiger partial charge in [-0.3, -0.25) is 14.2 Å². The number of nitrogens with zero attached hydrogens (tertiary/aromatic N) is 3. The lowest BCUT2D eigenvalue weighted by molar-refractivity contribution is -0.142. The van der Waals surface area contributed by atoms with Crippen molar-refractivity contribution >= 4 is 0 Å². The first-order valence-corrected chi connectivity index (χ1v) is 8.86. The molecule has 2 heterocycles. The summed E-state index contributed by atoms with van der Waals surface area (Å²) in [6.45, 7) is 0.852. The van der Waals surface area contributed by atoms with Gasteiger partial charge in [0.05, 0.1) is 24.5 Å². The van der Waals surface area contributed by atoms with Crippen LogP contribution >= 0.6 is 0 Å². The van der Waals surface area contributed by atoms with E-state index in [9.17, 15) is 31.5 Å². The molecule has 7 nitrogen and oxygen atoms in total. The van der Waals surface area contributed by atoms with E-state index >= 15 is 0 Å². The highest BCUT2D eigenvalue weighted by Gasteiger charge is 2.39. The van der Waals surface area contributed by atoms with Crippen molar-refractivity contribution < 1.29 is 26.7 Å². The third-order valence-electron chi connectivity index (χ3n) is 4.47. The number of alkyl halides is 5. The Morgan fingerprint density at radius 2 is 2.00 bits per heavy atom. The third kappa shape index (κ3) is 4.51. The SMILES string of the molecule is Cc1c(C#N)cc(C(F)F)cc1Oc1c(C(F)(F)F)ncn(Cc2ccc[nH]c2=O)c1=O. The zero-order valence-corrected chi connectivity index (χ0v) is 16.2. The van der Waals surface area contributed by atoms with Crippen LogP contribution in [0, 0.1) is 18.3 Å². The Balaban J connectivity index is 2.18. The molecule has 0 spiro atoms. The van der Waals surface area contributed by atoms with Crippen LogP contribution < -0.4 is 15.9 Å². The predicted octanol–water partition coefficient (Wildman–Crippen LogP) is 3.91. The van der Waals surface area contributed by atoms with Crippen LogP contribution in [0.4, 0.5) is 22.0 Å². The van der Waals surface area contributed by atoms with E-state index in [-0.39, 0.29) is 16.7 Å². The molecule has 0 aliphatic heterocycles. The summed E-state index contributed by atoms with van der Waals surface area (Å²) in [5.41, 5.74) is -4.45. The average Bonchev–Trinajstić information content (AvgIpc) is 2.72. The largest absolute Gasteiger partial charge is 0.449 e. The minimum absolute atomic E-state index is 0.0423. The Labute approximate surface area is 176 Å². The second-order valence-corrected chi connectivity index (χ2v) is 6.58. The van der Waals surface area contributed by atoms with Gasteiger partial charge in [0.2, 0.25) is 5.75 Å². The van der Waals surface area contributed by atoms with Crippen molar-refractivity contribution in [3.05, 3.63) is 85.4 Å². The van der Waals surface area contributed by atoms with E-state index in [1.54, 1.807) is 6.07 Å². The summed E-state index contributed by atoms with van der Waals surface area (Å²) in [6.07, 6.45) is -6.21. The zero-order valence-electron chi connectivity index (χ0n) is 16.2. The minimum atomic E-state index is -5.11. The van der Waals surface area contributed by atoms with Crippen LogP contribution in [0.5, 0.6) is 11.5 Å². The van der Waals surface area contributed by atoms with Crippen LogP contribution in [0.25, 0.3) is 0 Å². The van der Waals surface area contributed by atoms with Gasteiger partial charge in [0.1, 0.15) is 5.75 Å². The zero-order chi connectivity index (χ0) is 23.6. The quantitative estimate of drug-likeness (QED) is 0.592. The number of H-pyrrole nitrogens is 1. The van der Waals surface area contributed by atoms with Crippen molar-refractivity contribution in [3.63, 3.8) is 0 Å². The van der Waals surface area contributed by atoms with Gasteiger partial charge < -0.3 is 9.72 Å². The van der Waals surface area contributed by atoms with Crippen LogP contribution in [-0.2, 0) is 12.7 Å². The van der Waals surface area contributed by atoms with Gasteiger partial charge in [0.25, 0.3) is 17.5 Å². The van der Waals surface area contributed by atoms with Crippen LogP contribution in [0.2, 0.25) is 0 Å². The van der Waals surface area contributed by atoms with Crippen molar-refractivity contribution in [3.8, 4) is 17.6 Å². The number of aromatic amines is 1. The second-order valence-electron chi connectivity index (χ2n) is 6.58. The summed E-state index contributed by atoms with van der Waals surface area (Å²) < 4.78 is 72.7. The summed E-state index contributed by atoms with van der Waals surface area (Å²) >= 11 is 0. The smallest absolute Gasteiger partial charge is 0.437 e. The Bertz CT molecular complexity index is 1320. The number of halogens is 5. The Morgan fingerprint density at radius 3 is 2.59 bits per heavy atom. The van der Waals surface area contributed by atoms with Gasteiger partial charge in [0, 0.05) is 22.9 Å². The number of hydrogen-bond acceptors (Lipinski definition) is 5. The van der Waals surface area contributed by atoms with Crippen LogP contribution in [0.3, 0.4) is 0 Å². The first-order valence-electron chi connectivity index (χ1n) is 8.86. The summed E-state index contributed by atoms with van der Waals surface area (Å²) in [5.74, 6) is -1.80. The van der Waals surface area contributed by atoms with Gasteiger partial charge in [-0.2, -0.15) is 18.4 Å². The van der Waals surface area contributed by atoms with Crippen molar-refractivity contribution in [2.75, 3.05) is 0 Å². The van der Waals surface area contributed by atoms with Gasteiger partial charge in [-0.05, 0) is 25.1 Å². The molecule has 0 amide bonds. The summed E-state index contributed by atoms with van der Waals surface area (Å²) in [4.78, 5) is 30.3. The van der Waals surface area contributed by atoms with Crippen molar-refractivity contribution in [2.24, 2.45) is 0 Å². The van der Waals surface area contributed by atoms with Crippen LogP contribution in [0.15, 0.2) is 46.4 Å². The molecule has 32 heavy (non-hydrogen) atoms. The van der Waals surface area contributed by atoms with Crippen LogP contribution in [-0.4, -0.2) is 14.5 Å². The van der Waals surface area contributed by atoms with Gasteiger partial charge in [0.15, 0.2) is 5.69 Å². The highest BCUT2D eigenvalue weighted by molar-refractivity contribution is 5.50. The molecule has 0 atom stereocenters. The Kier molecular flexibility index (Phi) is 6.11. The lowest BCUT2D eigenvalue weighted by atomic mass is 10.0. The predicted molar refractivity (Wildman–Crippen MR) is 101 cm³/mol. The summed E-state index contributed by atoms with van der Waals surface area (Å²) in [7, 11) is 0. The standard InChI is InChI=1S/C20H13F5N4O3/c1-10-13(7-26)5-12(17(21)22)6-14(10)32-15-16(20(23,24)25)28-9-29(19(15)31)8-11-3-2-4-27-18(11)30/h2-6,9,17H,8H2,1H3,(H,27,30). The molecule has 1 N–H and O–H groups in total. The lowest BCUT2D eigenvalue weighted by Crippen LogP contribution is -2.28. The number of aromatic nitrogens is 3. The highest BCUT2D eigenvalue weighted by atomic mass is 19.4. The monoisotopic (exact) mass is 452 g/mol. The van der Waals surface area contributed by atoms with E-state index in [4.69, 9.17) is 10.00 Å². The first-order chi connectivity index (χ1) is 15.0. The first kappa shape index (κ1) is 22.7. The fourth-order valence-corrected chi connectivity index (χ4v) is 2.81. The minimum Gasteiger partial charge on any atom is -0.449 e.